The summed E-state index contributed by atoms with van der Waals surface area (Å²) in [5, 5.41) is 15.5. The number of nitrogens with one attached hydrogen (secondary N) is 1. The molecule has 1 rings (SSSR count). The fourth-order valence-corrected chi connectivity index (χ4v) is 2.26. The summed E-state index contributed by atoms with van der Waals surface area (Å²) in [5.41, 5.74) is 8.99. The van der Waals surface area contributed by atoms with Gasteiger partial charge in [0.1, 0.15) is 11.8 Å². The van der Waals surface area contributed by atoms with Gasteiger partial charge in [0.15, 0.2) is 0 Å². The Morgan fingerprint density at radius 2 is 2.00 bits per heavy atom. The number of carbonyl (C=O) groups excluding carboxylic acids is 2. The molecule has 0 aliphatic rings. The molecule has 0 heterocycles. The summed E-state index contributed by atoms with van der Waals surface area (Å²) in [4.78, 5) is 26.8. The number of nitrogens with zero attached hydrogens (tertiary/aromatic N) is 3. The molecule has 0 fully saturated rings. The lowest BCUT2D eigenvalue weighted by Crippen LogP contribution is -2.43. The van der Waals surface area contributed by atoms with Crippen molar-refractivity contribution in [3.63, 3.8) is 0 Å². The number of rotatable bonds is 11. The van der Waals surface area contributed by atoms with Crippen molar-refractivity contribution in [2.75, 3.05) is 13.2 Å². The zero-order chi connectivity index (χ0) is 18.5. The molecule has 2 N–H and O–H groups in total. The van der Waals surface area contributed by atoms with Crippen LogP contribution in [-0.4, -0.2) is 36.2 Å². The van der Waals surface area contributed by atoms with Crippen molar-refractivity contribution >= 4 is 11.9 Å². The number of esters is 1. The molecule has 0 aliphatic heterocycles. The highest BCUT2D eigenvalue weighted by molar-refractivity contribution is 5.84. The topological polar surface area (TPSA) is 124 Å². The van der Waals surface area contributed by atoms with Gasteiger partial charge in [-0.05, 0) is 43.0 Å². The van der Waals surface area contributed by atoms with Crippen LogP contribution in [0.3, 0.4) is 0 Å². The van der Waals surface area contributed by atoms with E-state index in [9.17, 15) is 14.7 Å². The Balaban J connectivity index is 2.52. The van der Waals surface area contributed by atoms with E-state index < -0.39 is 12.0 Å². The molecule has 136 valence electrons. The normalized spacial score (nSPS) is 11.2. The average molecular weight is 348 g/mol. The van der Waals surface area contributed by atoms with E-state index in [0.29, 0.717) is 25.8 Å². The highest BCUT2D eigenvalue weighted by Crippen LogP contribution is 2.12. The van der Waals surface area contributed by atoms with Crippen LogP contribution in [0, 0.1) is 0 Å². The lowest BCUT2D eigenvalue weighted by molar-refractivity contribution is -0.147. The number of phenols is 1. The van der Waals surface area contributed by atoms with E-state index in [-0.39, 0.29) is 18.3 Å². The van der Waals surface area contributed by atoms with Gasteiger partial charge >= 0.3 is 5.97 Å². The predicted molar refractivity (Wildman–Crippen MR) is 92.9 cm³/mol. The van der Waals surface area contributed by atoms with Crippen LogP contribution in [0.15, 0.2) is 29.4 Å². The summed E-state index contributed by atoms with van der Waals surface area (Å²) < 4.78 is 5.02. The molecular weight excluding hydrogens is 324 g/mol. The fourth-order valence-electron chi connectivity index (χ4n) is 2.26. The minimum absolute atomic E-state index is 0.140. The van der Waals surface area contributed by atoms with Crippen LogP contribution < -0.4 is 5.32 Å². The average Bonchev–Trinajstić information content (AvgIpc) is 2.59. The molecule has 0 saturated heterocycles. The molecule has 8 nitrogen and oxygen atoms in total. The summed E-state index contributed by atoms with van der Waals surface area (Å²) in [6.07, 6.45) is 2.74. The maximum Gasteiger partial charge on any atom is 0.328 e. The third-order valence-corrected chi connectivity index (χ3v) is 3.51. The number of azide groups is 1. The van der Waals surface area contributed by atoms with E-state index in [1.54, 1.807) is 19.1 Å². The molecule has 1 aromatic carbocycles. The minimum atomic E-state index is -0.764. The Kier molecular flexibility index (Phi) is 9.55. The van der Waals surface area contributed by atoms with Crippen LogP contribution in [0.5, 0.6) is 5.75 Å². The number of hydrogen-bond donors (Lipinski definition) is 2. The van der Waals surface area contributed by atoms with Crippen LogP contribution in [-0.2, 0) is 20.7 Å². The van der Waals surface area contributed by atoms with Gasteiger partial charge in [-0.1, -0.05) is 23.7 Å². The van der Waals surface area contributed by atoms with E-state index in [1.165, 1.54) is 12.1 Å². The fraction of sp³-hybridized carbons (Fsp3) is 0.529. The smallest absolute Gasteiger partial charge is 0.328 e. The summed E-state index contributed by atoms with van der Waals surface area (Å²) in [5.74, 6) is -0.561. The molecule has 1 aromatic rings. The van der Waals surface area contributed by atoms with Gasteiger partial charge in [-0.15, -0.1) is 0 Å². The van der Waals surface area contributed by atoms with Crippen molar-refractivity contribution in [3.05, 3.63) is 40.3 Å². The number of aromatic hydroxyl groups is 1. The summed E-state index contributed by atoms with van der Waals surface area (Å²) in [6.45, 7) is 2.37. The van der Waals surface area contributed by atoms with Crippen LogP contribution in [0.1, 0.15) is 38.2 Å². The van der Waals surface area contributed by atoms with Gasteiger partial charge in [0.25, 0.3) is 0 Å². The van der Waals surface area contributed by atoms with Crippen LogP contribution >= 0.6 is 0 Å². The van der Waals surface area contributed by atoms with Gasteiger partial charge < -0.3 is 15.2 Å². The Bertz CT molecular complexity index is 597. The standard InChI is InChI=1S/C17H24N4O4/c1-2-25-17(24)15(12-13-7-9-14(22)10-8-13)20-16(23)6-4-3-5-11-19-21-18/h7-10,15,22H,2-6,11-12H2,1H3,(H,20,23)/t15-/m0/s1. The molecule has 0 radical (unpaired) electrons. The number of benzene rings is 1. The highest BCUT2D eigenvalue weighted by Gasteiger charge is 2.22. The quantitative estimate of drug-likeness (QED) is 0.210. The number of amides is 1. The number of hydrogen-bond acceptors (Lipinski definition) is 5. The first-order valence-electron chi connectivity index (χ1n) is 8.31. The molecule has 0 spiro atoms. The van der Waals surface area contributed by atoms with Gasteiger partial charge in [-0.3, -0.25) is 4.79 Å². The van der Waals surface area contributed by atoms with Gasteiger partial charge in [0, 0.05) is 24.3 Å². The number of carbonyl (C=O) groups is 2. The van der Waals surface area contributed by atoms with E-state index in [2.05, 4.69) is 15.3 Å². The van der Waals surface area contributed by atoms with Crippen LogP contribution in [0.2, 0.25) is 0 Å². The van der Waals surface area contributed by atoms with E-state index >= 15 is 0 Å². The molecule has 0 aliphatic carbocycles. The Morgan fingerprint density at radius 1 is 1.28 bits per heavy atom. The molecule has 0 unspecified atom stereocenters. The number of phenolic OH excluding ortho intramolecular Hbond substituents is 1. The molecule has 8 heteroatoms. The van der Waals surface area contributed by atoms with Gasteiger partial charge in [0.2, 0.25) is 5.91 Å². The predicted octanol–water partition coefficient (Wildman–Crippen LogP) is 2.85. The summed E-state index contributed by atoms with van der Waals surface area (Å²) >= 11 is 0. The lowest BCUT2D eigenvalue weighted by atomic mass is 10.1. The third-order valence-electron chi connectivity index (χ3n) is 3.51. The number of unbranched alkanes of at least 4 members (excludes halogenated alkanes) is 2. The molecule has 1 amide bonds. The summed E-state index contributed by atoms with van der Waals surface area (Å²) in [7, 11) is 0. The molecular formula is C17H24N4O4. The Hall–Kier alpha value is -2.73. The van der Waals surface area contributed by atoms with Crippen molar-refractivity contribution in [1.82, 2.24) is 5.32 Å². The Morgan fingerprint density at radius 3 is 2.64 bits per heavy atom. The first kappa shape index (κ1) is 20.3. The largest absolute Gasteiger partial charge is 0.508 e. The second-order valence-electron chi connectivity index (χ2n) is 5.51. The number of ether oxygens (including phenoxy) is 1. The van der Waals surface area contributed by atoms with Crippen molar-refractivity contribution < 1.29 is 19.4 Å². The van der Waals surface area contributed by atoms with Crippen LogP contribution in [0.4, 0.5) is 0 Å². The highest BCUT2D eigenvalue weighted by atomic mass is 16.5. The van der Waals surface area contributed by atoms with E-state index in [1.807, 2.05) is 0 Å². The lowest BCUT2D eigenvalue weighted by Gasteiger charge is -2.17. The molecule has 1 atom stereocenters. The Labute approximate surface area is 146 Å². The van der Waals surface area contributed by atoms with Crippen molar-refractivity contribution in [3.8, 4) is 5.75 Å². The van der Waals surface area contributed by atoms with E-state index in [0.717, 1.165) is 18.4 Å². The zero-order valence-corrected chi connectivity index (χ0v) is 14.4. The van der Waals surface area contributed by atoms with Crippen molar-refractivity contribution in [1.29, 1.82) is 0 Å². The molecule has 25 heavy (non-hydrogen) atoms. The zero-order valence-electron chi connectivity index (χ0n) is 14.4. The summed E-state index contributed by atoms with van der Waals surface area (Å²) in [6, 6.07) is 5.69. The van der Waals surface area contributed by atoms with Crippen LogP contribution in [0.25, 0.3) is 10.4 Å². The minimum Gasteiger partial charge on any atom is -0.508 e. The maximum atomic E-state index is 12.1. The van der Waals surface area contributed by atoms with Gasteiger partial charge in [-0.25, -0.2) is 4.79 Å². The molecule has 0 saturated carbocycles. The SMILES string of the molecule is CCOC(=O)[C@H](Cc1ccc(O)cc1)NC(=O)CCCCCN=[N+]=[N-]. The monoisotopic (exact) mass is 348 g/mol. The molecule has 0 bridgehead atoms. The third kappa shape index (κ3) is 8.62. The van der Waals surface area contributed by atoms with Gasteiger partial charge in [0.05, 0.1) is 6.61 Å². The van der Waals surface area contributed by atoms with Crippen molar-refractivity contribution in [2.45, 2.75) is 45.1 Å². The second-order valence-corrected chi connectivity index (χ2v) is 5.51. The first-order valence-corrected chi connectivity index (χ1v) is 8.31. The second kappa shape index (κ2) is 11.8. The molecule has 0 aromatic heterocycles. The van der Waals surface area contributed by atoms with E-state index in [4.69, 9.17) is 10.3 Å². The first-order chi connectivity index (χ1) is 12.1. The maximum absolute atomic E-state index is 12.1. The van der Waals surface area contributed by atoms with Gasteiger partial charge in [-0.2, -0.15) is 0 Å². The van der Waals surface area contributed by atoms with Crippen molar-refractivity contribution in [2.24, 2.45) is 5.11 Å².